The monoisotopic (exact) mass is 494 g/mol. The van der Waals surface area contributed by atoms with Crippen molar-refractivity contribution < 1.29 is 32.7 Å². The van der Waals surface area contributed by atoms with Gasteiger partial charge in [0, 0.05) is 0 Å². The van der Waals surface area contributed by atoms with Gasteiger partial charge in [-0.15, -0.1) is 0 Å². The minimum absolute atomic E-state index is 0.0532. The molecule has 1 unspecified atom stereocenters. The summed E-state index contributed by atoms with van der Waals surface area (Å²) in [6, 6.07) is 9.08. The summed E-state index contributed by atoms with van der Waals surface area (Å²) in [5.41, 5.74) is -0.765. The van der Waals surface area contributed by atoms with Crippen LogP contribution in [-0.2, 0) is 32.7 Å². The summed E-state index contributed by atoms with van der Waals surface area (Å²) in [5.74, 6) is -1.44. The van der Waals surface area contributed by atoms with Crippen LogP contribution in [0.4, 0.5) is 0 Å². The molecule has 1 atom stereocenters. The SMILES string of the molecule is CCOC(=O)C(CC(=O)OC(C)(C)C)([Se]c1ccccc1)P(=O)(OCC)OCC. The first-order valence-electron chi connectivity index (χ1n) is 9.56. The molecule has 1 aromatic carbocycles. The van der Waals surface area contributed by atoms with E-state index in [1.807, 2.05) is 30.3 Å². The molecule has 0 bridgehead atoms. The fourth-order valence-corrected chi connectivity index (χ4v) is 8.44. The first kappa shape index (κ1) is 25.9. The Morgan fingerprint density at radius 3 is 1.97 bits per heavy atom. The Morgan fingerprint density at radius 1 is 0.966 bits per heavy atom. The van der Waals surface area contributed by atoms with E-state index in [-0.39, 0.29) is 19.8 Å². The van der Waals surface area contributed by atoms with Crippen LogP contribution in [0.1, 0.15) is 48.0 Å². The Kier molecular flexibility index (Phi) is 10.1. The van der Waals surface area contributed by atoms with Crippen molar-refractivity contribution in [1.82, 2.24) is 0 Å². The summed E-state index contributed by atoms with van der Waals surface area (Å²) >= 11 is -0.794. The van der Waals surface area contributed by atoms with E-state index < -0.39 is 50.6 Å². The Bertz CT molecular complexity index is 707. The Morgan fingerprint density at radius 2 is 1.52 bits per heavy atom. The average Bonchev–Trinajstić information content (AvgIpc) is 2.61. The summed E-state index contributed by atoms with van der Waals surface area (Å²) in [6.45, 7) is 10.3. The van der Waals surface area contributed by atoms with Gasteiger partial charge < -0.3 is 0 Å². The molecule has 0 spiro atoms. The fraction of sp³-hybridized carbons (Fsp3) is 0.600. The Balaban J connectivity index is 3.58. The van der Waals surface area contributed by atoms with Crippen molar-refractivity contribution in [3.05, 3.63) is 30.3 Å². The maximum atomic E-state index is 13.9. The number of esters is 2. The fourth-order valence-electron chi connectivity index (χ4n) is 2.50. The van der Waals surface area contributed by atoms with Gasteiger partial charge in [-0.2, -0.15) is 0 Å². The van der Waals surface area contributed by atoms with Gasteiger partial charge in [0.1, 0.15) is 0 Å². The van der Waals surface area contributed by atoms with Crippen LogP contribution in [0, 0.1) is 0 Å². The van der Waals surface area contributed by atoms with Crippen LogP contribution in [0.2, 0.25) is 0 Å². The molecule has 1 aromatic rings. The van der Waals surface area contributed by atoms with E-state index in [4.69, 9.17) is 18.5 Å². The summed E-state index contributed by atoms with van der Waals surface area (Å²) in [7, 11) is -4.08. The van der Waals surface area contributed by atoms with Gasteiger partial charge in [-0.25, -0.2) is 0 Å². The second kappa shape index (κ2) is 11.3. The number of hydrogen-bond donors (Lipinski definition) is 0. The predicted octanol–water partition coefficient (Wildman–Crippen LogP) is 3.27. The summed E-state index contributed by atoms with van der Waals surface area (Å²) < 4.78 is 34.7. The molecule has 0 aliphatic rings. The van der Waals surface area contributed by atoms with Crippen LogP contribution in [0.25, 0.3) is 0 Å². The van der Waals surface area contributed by atoms with Crippen LogP contribution in [-0.4, -0.2) is 56.4 Å². The average molecular weight is 493 g/mol. The molecule has 0 aliphatic heterocycles. The molecule has 0 saturated carbocycles. The Hall–Kier alpha value is -1.17. The Labute approximate surface area is 179 Å². The van der Waals surface area contributed by atoms with Gasteiger partial charge in [-0.05, 0) is 0 Å². The summed E-state index contributed by atoms with van der Waals surface area (Å²) in [5, 5.41) is 0. The van der Waals surface area contributed by atoms with Crippen LogP contribution >= 0.6 is 7.60 Å². The summed E-state index contributed by atoms with van der Waals surface area (Å²) in [4.78, 5) is 26.0. The zero-order valence-electron chi connectivity index (χ0n) is 17.9. The number of rotatable bonds is 11. The molecule has 164 valence electrons. The number of benzene rings is 1. The van der Waals surface area contributed by atoms with Crippen LogP contribution in [0.15, 0.2) is 30.3 Å². The number of hydrogen-bond acceptors (Lipinski definition) is 7. The van der Waals surface area contributed by atoms with Crippen molar-refractivity contribution in [3.8, 4) is 0 Å². The molecule has 0 saturated heterocycles. The van der Waals surface area contributed by atoms with E-state index in [1.54, 1.807) is 41.5 Å². The molecule has 0 heterocycles. The minimum atomic E-state index is -4.08. The molecule has 0 aromatic heterocycles. The first-order valence-corrected chi connectivity index (χ1v) is 12.8. The van der Waals surface area contributed by atoms with E-state index in [2.05, 4.69) is 0 Å². The third-order valence-corrected chi connectivity index (χ3v) is 10.2. The van der Waals surface area contributed by atoms with E-state index in [1.165, 1.54) is 0 Å². The van der Waals surface area contributed by atoms with Gasteiger partial charge in [0.05, 0.1) is 0 Å². The van der Waals surface area contributed by atoms with E-state index in [0.29, 0.717) is 0 Å². The molecule has 0 amide bonds. The molecule has 0 aliphatic carbocycles. The zero-order chi connectivity index (χ0) is 22.1. The van der Waals surface area contributed by atoms with E-state index in [9.17, 15) is 14.2 Å². The van der Waals surface area contributed by atoms with E-state index >= 15 is 0 Å². The van der Waals surface area contributed by atoms with Crippen LogP contribution in [0.3, 0.4) is 0 Å². The normalized spacial score (nSPS) is 14.1. The molecule has 29 heavy (non-hydrogen) atoms. The van der Waals surface area contributed by atoms with E-state index in [0.717, 1.165) is 4.46 Å². The molecule has 9 heteroatoms. The van der Waals surface area contributed by atoms with Crippen molar-refractivity contribution in [2.45, 2.75) is 57.6 Å². The van der Waals surface area contributed by atoms with Crippen molar-refractivity contribution in [3.63, 3.8) is 0 Å². The van der Waals surface area contributed by atoms with Gasteiger partial charge in [-0.1, -0.05) is 0 Å². The van der Waals surface area contributed by atoms with Crippen LogP contribution < -0.4 is 4.46 Å². The molecule has 0 radical (unpaired) electrons. The number of carbonyl (C=O) groups is 2. The number of carbonyl (C=O) groups excluding carboxylic acids is 2. The molecule has 0 N–H and O–H groups in total. The zero-order valence-corrected chi connectivity index (χ0v) is 20.5. The van der Waals surface area contributed by atoms with Crippen LogP contribution in [0.5, 0.6) is 0 Å². The second-order valence-electron chi connectivity index (χ2n) is 7.02. The van der Waals surface area contributed by atoms with Crippen molar-refractivity contribution in [1.29, 1.82) is 0 Å². The van der Waals surface area contributed by atoms with Crippen molar-refractivity contribution >= 4 is 39.0 Å². The van der Waals surface area contributed by atoms with Crippen molar-refractivity contribution in [2.24, 2.45) is 0 Å². The van der Waals surface area contributed by atoms with Crippen molar-refractivity contribution in [2.75, 3.05) is 19.8 Å². The molecule has 1 rings (SSSR count). The van der Waals surface area contributed by atoms with Gasteiger partial charge in [-0.3, -0.25) is 0 Å². The standard InChI is InChI=1S/C20H31O7PSe/c1-7-24-18(22)20(15-17(21)27-19(4,5)6,28(23,25-8-2)26-9-3)29-16-13-11-10-12-14-16/h10-14H,7-9,15H2,1-6H3. The summed E-state index contributed by atoms with van der Waals surface area (Å²) in [6.07, 6.45) is -0.463. The quantitative estimate of drug-likeness (QED) is 0.266. The predicted molar refractivity (Wildman–Crippen MR) is 113 cm³/mol. The third kappa shape index (κ3) is 7.23. The molecule has 0 fully saturated rings. The van der Waals surface area contributed by atoms with Gasteiger partial charge in [0.2, 0.25) is 0 Å². The maximum absolute atomic E-state index is 13.9. The topological polar surface area (TPSA) is 88.1 Å². The third-order valence-electron chi connectivity index (χ3n) is 3.47. The molecular formula is C20H31O7PSe. The van der Waals surface area contributed by atoms with Gasteiger partial charge in [0.15, 0.2) is 0 Å². The first-order chi connectivity index (χ1) is 13.5. The molecule has 7 nitrogen and oxygen atoms in total. The van der Waals surface area contributed by atoms with Gasteiger partial charge >= 0.3 is 179 Å². The number of ether oxygens (including phenoxy) is 2. The van der Waals surface area contributed by atoms with Gasteiger partial charge in [0.25, 0.3) is 0 Å². The second-order valence-corrected chi connectivity index (χ2v) is 12.9. The molecular weight excluding hydrogens is 462 g/mol.